The van der Waals surface area contributed by atoms with Crippen molar-refractivity contribution in [2.75, 3.05) is 24.7 Å². The molecule has 1 aliphatic heterocycles. The van der Waals surface area contributed by atoms with Crippen molar-refractivity contribution in [1.82, 2.24) is 13.9 Å². The molecule has 0 aromatic carbocycles. The molecule has 0 radical (unpaired) electrons. The third-order valence-electron chi connectivity index (χ3n) is 3.28. The number of piperidine rings is 1. The van der Waals surface area contributed by atoms with E-state index in [9.17, 15) is 18.5 Å². The molecule has 1 N–H and O–H groups in total. The summed E-state index contributed by atoms with van der Waals surface area (Å²) in [5.41, 5.74) is 0. The van der Waals surface area contributed by atoms with Gasteiger partial charge >= 0.3 is 5.82 Å². The Morgan fingerprint density at radius 1 is 1.55 bits per heavy atom. The Hall–Kier alpha value is -1.68. The van der Waals surface area contributed by atoms with Gasteiger partial charge in [-0.25, -0.2) is 12.7 Å². The molecule has 10 heteroatoms. The number of imidazole rings is 1. The van der Waals surface area contributed by atoms with Crippen molar-refractivity contribution in [2.24, 2.45) is 7.05 Å². The van der Waals surface area contributed by atoms with Crippen LogP contribution in [-0.4, -0.2) is 52.6 Å². The highest BCUT2D eigenvalue weighted by Crippen LogP contribution is 2.24. The average molecular weight is 303 g/mol. The van der Waals surface area contributed by atoms with Crippen molar-refractivity contribution in [3.05, 3.63) is 16.4 Å². The van der Waals surface area contributed by atoms with Crippen LogP contribution >= 0.6 is 0 Å². The predicted molar refractivity (Wildman–Crippen MR) is 72.9 cm³/mol. The SMILES string of the molecule is Cn1cnc([N+](=O)[O-])c1NC1CCCN(S(C)(=O)=O)C1. The van der Waals surface area contributed by atoms with Crippen LogP contribution in [0.5, 0.6) is 0 Å². The summed E-state index contributed by atoms with van der Waals surface area (Å²) in [5, 5.41) is 13.9. The maximum Gasteiger partial charge on any atom is 0.406 e. The number of aryl methyl sites for hydroxylation is 1. The summed E-state index contributed by atoms with van der Waals surface area (Å²) in [6, 6.07) is -0.160. The Morgan fingerprint density at radius 2 is 2.25 bits per heavy atom. The van der Waals surface area contributed by atoms with E-state index in [-0.39, 0.29) is 11.9 Å². The summed E-state index contributed by atoms with van der Waals surface area (Å²) < 4.78 is 26.0. The standard InChI is InChI=1S/C10H17N5O4S/c1-13-7-11-9(15(16)17)10(13)12-8-4-3-5-14(6-8)20(2,18)19/h7-8,12H,3-6H2,1-2H3. The zero-order valence-corrected chi connectivity index (χ0v) is 12.1. The lowest BCUT2D eigenvalue weighted by Gasteiger charge is -2.31. The zero-order chi connectivity index (χ0) is 14.9. The topological polar surface area (TPSA) is 110 Å². The van der Waals surface area contributed by atoms with E-state index in [1.807, 2.05) is 0 Å². The molecule has 0 amide bonds. The van der Waals surface area contributed by atoms with Crippen LogP contribution in [-0.2, 0) is 17.1 Å². The lowest BCUT2D eigenvalue weighted by Crippen LogP contribution is -2.44. The van der Waals surface area contributed by atoms with E-state index in [1.54, 1.807) is 7.05 Å². The summed E-state index contributed by atoms with van der Waals surface area (Å²) in [5.74, 6) is 0.0549. The van der Waals surface area contributed by atoms with Crippen molar-refractivity contribution < 1.29 is 13.3 Å². The van der Waals surface area contributed by atoms with Crippen molar-refractivity contribution in [1.29, 1.82) is 0 Å². The first-order valence-electron chi connectivity index (χ1n) is 6.16. The lowest BCUT2D eigenvalue weighted by molar-refractivity contribution is -0.388. The van der Waals surface area contributed by atoms with Gasteiger partial charge in [0.05, 0.1) is 6.26 Å². The molecule has 0 aliphatic carbocycles. The first-order chi connectivity index (χ1) is 9.29. The first-order valence-corrected chi connectivity index (χ1v) is 8.01. The Balaban J connectivity index is 2.14. The summed E-state index contributed by atoms with van der Waals surface area (Å²) in [6.07, 6.45) is 4.00. The highest BCUT2D eigenvalue weighted by molar-refractivity contribution is 7.88. The van der Waals surface area contributed by atoms with E-state index in [2.05, 4.69) is 10.3 Å². The quantitative estimate of drug-likeness (QED) is 0.627. The van der Waals surface area contributed by atoms with Crippen molar-refractivity contribution in [3.63, 3.8) is 0 Å². The normalized spacial score (nSPS) is 20.8. The van der Waals surface area contributed by atoms with Crippen LogP contribution in [0.4, 0.5) is 11.6 Å². The number of sulfonamides is 1. The zero-order valence-electron chi connectivity index (χ0n) is 11.3. The van der Waals surface area contributed by atoms with Crippen LogP contribution in [0.25, 0.3) is 0 Å². The van der Waals surface area contributed by atoms with Crippen LogP contribution in [0, 0.1) is 10.1 Å². The van der Waals surface area contributed by atoms with Crippen molar-refractivity contribution in [2.45, 2.75) is 18.9 Å². The fourth-order valence-electron chi connectivity index (χ4n) is 2.27. The molecular weight excluding hydrogens is 286 g/mol. The molecular formula is C10H17N5O4S. The van der Waals surface area contributed by atoms with Crippen molar-refractivity contribution >= 4 is 21.7 Å². The number of anilines is 1. The monoisotopic (exact) mass is 303 g/mol. The number of hydrogen-bond acceptors (Lipinski definition) is 6. The van der Waals surface area contributed by atoms with Gasteiger partial charge < -0.3 is 15.4 Å². The van der Waals surface area contributed by atoms with E-state index in [4.69, 9.17) is 0 Å². The molecule has 112 valence electrons. The molecule has 1 unspecified atom stereocenters. The van der Waals surface area contributed by atoms with Gasteiger partial charge in [-0.3, -0.25) is 4.57 Å². The Morgan fingerprint density at radius 3 is 2.85 bits per heavy atom. The van der Waals surface area contributed by atoms with Gasteiger partial charge in [0.15, 0.2) is 0 Å². The fraction of sp³-hybridized carbons (Fsp3) is 0.700. The Kier molecular flexibility index (Phi) is 3.95. The molecule has 2 rings (SSSR count). The number of nitrogens with one attached hydrogen (secondary N) is 1. The molecule has 20 heavy (non-hydrogen) atoms. The fourth-order valence-corrected chi connectivity index (χ4v) is 3.18. The molecule has 1 aromatic heterocycles. The molecule has 1 fully saturated rings. The predicted octanol–water partition coefficient (Wildman–Crippen LogP) is 0.164. The molecule has 1 saturated heterocycles. The highest BCUT2D eigenvalue weighted by atomic mass is 32.2. The average Bonchev–Trinajstić information content (AvgIpc) is 2.70. The minimum absolute atomic E-state index is 0.160. The van der Waals surface area contributed by atoms with Gasteiger partial charge in [-0.1, -0.05) is 0 Å². The van der Waals surface area contributed by atoms with Gasteiger partial charge in [0, 0.05) is 26.2 Å². The van der Waals surface area contributed by atoms with E-state index < -0.39 is 14.9 Å². The molecule has 0 bridgehead atoms. The number of nitrogens with zero attached hydrogens (tertiary/aromatic N) is 4. The molecule has 0 saturated carbocycles. The smallest absolute Gasteiger partial charge is 0.360 e. The maximum atomic E-state index is 11.5. The molecule has 1 aliphatic rings. The number of rotatable bonds is 4. The summed E-state index contributed by atoms with van der Waals surface area (Å²) in [6.45, 7) is 0.797. The first kappa shape index (κ1) is 14.7. The van der Waals surface area contributed by atoms with Gasteiger partial charge in [-0.15, -0.1) is 0 Å². The van der Waals surface area contributed by atoms with Crippen LogP contribution < -0.4 is 5.32 Å². The van der Waals surface area contributed by atoms with Gasteiger partial charge in [0.25, 0.3) is 0 Å². The largest absolute Gasteiger partial charge is 0.406 e. The Bertz CT molecular complexity index is 611. The van der Waals surface area contributed by atoms with Crippen LogP contribution in [0.1, 0.15) is 12.8 Å². The summed E-state index contributed by atoms with van der Waals surface area (Å²) in [7, 11) is -1.58. The highest BCUT2D eigenvalue weighted by Gasteiger charge is 2.29. The molecule has 2 heterocycles. The summed E-state index contributed by atoms with van der Waals surface area (Å²) >= 11 is 0. The Labute approximate surface area is 116 Å². The van der Waals surface area contributed by atoms with Gasteiger partial charge in [0.1, 0.15) is 0 Å². The van der Waals surface area contributed by atoms with Crippen LogP contribution in [0.3, 0.4) is 0 Å². The van der Waals surface area contributed by atoms with Gasteiger partial charge in [0.2, 0.25) is 22.2 Å². The van der Waals surface area contributed by atoms with Gasteiger partial charge in [-0.2, -0.15) is 0 Å². The van der Waals surface area contributed by atoms with Crippen molar-refractivity contribution in [3.8, 4) is 0 Å². The number of nitro groups is 1. The second-order valence-corrected chi connectivity index (χ2v) is 6.87. The van der Waals surface area contributed by atoms with Gasteiger partial charge in [-0.05, 0) is 22.7 Å². The minimum atomic E-state index is -3.24. The number of aromatic nitrogens is 2. The van der Waals surface area contributed by atoms with E-state index in [0.717, 1.165) is 12.8 Å². The molecule has 9 nitrogen and oxygen atoms in total. The third-order valence-corrected chi connectivity index (χ3v) is 4.55. The minimum Gasteiger partial charge on any atom is -0.360 e. The third kappa shape index (κ3) is 3.07. The molecule has 1 aromatic rings. The van der Waals surface area contributed by atoms with Crippen LogP contribution in [0.15, 0.2) is 6.33 Å². The number of hydrogen-bond donors (Lipinski definition) is 1. The second-order valence-electron chi connectivity index (χ2n) is 4.89. The van der Waals surface area contributed by atoms with E-state index in [0.29, 0.717) is 18.9 Å². The molecule has 0 spiro atoms. The summed E-state index contributed by atoms with van der Waals surface area (Å²) in [4.78, 5) is 14.0. The van der Waals surface area contributed by atoms with E-state index in [1.165, 1.54) is 21.5 Å². The lowest BCUT2D eigenvalue weighted by atomic mass is 10.1. The second kappa shape index (κ2) is 5.37. The van der Waals surface area contributed by atoms with Crippen LogP contribution in [0.2, 0.25) is 0 Å². The molecule has 1 atom stereocenters. The van der Waals surface area contributed by atoms with E-state index >= 15 is 0 Å². The maximum absolute atomic E-state index is 11.5.